The van der Waals surface area contributed by atoms with Crippen LogP contribution in [-0.4, -0.2) is 54.0 Å². The predicted octanol–water partition coefficient (Wildman–Crippen LogP) is 2.22. The summed E-state index contributed by atoms with van der Waals surface area (Å²) in [6.07, 6.45) is 3.21. The van der Waals surface area contributed by atoms with Crippen LogP contribution in [0.25, 0.3) is 0 Å². The first-order valence-corrected chi connectivity index (χ1v) is 10.1. The Labute approximate surface area is 174 Å². The van der Waals surface area contributed by atoms with E-state index in [1.807, 2.05) is 6.92 Å². The largest absolute Gasteiger partial charge is 0.454 e. The molecule has 1 heterocycles. The van der Waals surface area contributed by atoms with Crippen molar-refractivity contribution in [3.63, 3.8) is 0 Å². The van der Waals surface area contributed by atoms with Crippen LogP contribution in [0.3, 0.4) is 0 Å². The maximum absolute atomic E-state index is 13.1. The van der Waals surface area contributed by atoms with Gasteiger partial charge in [0.05, 0.1) is 0 Å². The van der Waals surface area contributed by atoms with Crippen molar-refractivity contribution in [2.75, 3.05) is 24.6 Å². The number of likely N-dealkylation sites (N-methyl/N-ethyl adjacent to an activating group) is 1. The average molecular weight is 419 g/mol. The summed E-state index contributed by atoms with van der Waals surface area (Å²) in [5, 5.41) is 2.77. The minimum absolute atomic E-state index is 0.0147. The Morgan fingerprint density at radius 3 is 2.60 bits per heavy atom. The van der Waals surface area contributed by atoms with Crippen molar-refractivity contribution in [2.24, 2.45) is 5.92 Å². The first-order chi connectivity index (χ1) is 14.3. The summed E-state index contributed by atoms with van der Waals surface area (Å²) in [6, 6.07) is 4.76. The van der Waals surface area contributed by atoms with Gasteiger partial charge < -0.3 is 15.0 Å². The fourth-order valence-corrected chi connectivity index (χ4v) is 4.16. The van der Waals surface area contributed by atoms with Crippen molar-refractivity contribution < 1.29 is 28.3 Å². The molecule has 0 aromatic heterocycles. The van der Waals surface area contributed by atoms with Gasteiger partial charge in [0.2, 0.25) is 0 Å². The molecule has 1 spiro atoms. The number of benzene rings is 1. The van der Waals surface area contributed by atoms with E-state index in [2.05, 4.69) is 5.32 Å². The van der Waals surface area contributed by atoms with Crippen molar-refractivity contribution in [1.29, 1.82) is 0 Å². The standard InChI is InChI=1S/C21H26FN3O5/c1-3-24(16-9-7-15(22)8-10-16)17(26)13-30-18(27)12-25-19(28)21(23-20(25)29)11-5-4-6-14(21)2/h7-10,14H,3-6,11-13H2,1-2H3,(H,23,29)/t14-,21-/m1/s1. The Morgan fingerprint density at radius 1 is 1.27 bits per heavy atom. The number of rotatable bonds is 6. The third-order valence-corrected chi connectivity index (χ3v) is 5.90. The lowest BCUT2D eigenvalue weighted by Crippen LogP contribution is -2.54. The molecule has 1 aliphatic carbocycles. The van der Waals surface area contributed by atoms with Crippen LogP contribution in [0.5, 0.6) is 0 Å². The van der Waals surface area contributed by atoms with Gasteiger partial charge in [0.1, 0.15) is 17.9 Å². The lowest BCUT2D eigenvalue weighted by Gasteiger charge is -2.36. The fourth-order valence-electron chi connectivity index (χ4n) is 4.16. The third kappa shape index (κ3) is 4.15. The maximum atomic E-state index is 13.1. The topological polar surface area (TPSA) is 96.0 Å². The molecule has 3 rings (SSSR count). The first-order valence-electron chi connectivity index (χ1n) is 10.1. The third-order valence-electron chi connectivity index (χ3n) is 5.90. The molecule has 162 valence electrons. The number of hydrogen-bond acceptors (Lipinski definition) is 5. The number of carbonyl (C=O) groups is 4. The molecule has 0 unspecified atom stereocenters. The van der Waals surface area contributed by atoms with Gasteiger partial charge in [-0.3, -0.25) is 19.3 Å². The van der Waals surface area contributed by atoms with Crippen LogP contribution >= 0.6 is 0 Å². The molecular weight excluding hydrogens is 393 g/mol. The van der Waals surface area contributed by atoms with E-state index in [0.29, 0.717) is 18.7 Å². The van der Waals surface area contributed by atoms with E-state index >= 15 is 0 Å². The molecule has 1 aliphatic heterocycles. The average Bonchev–Trinajstić information content (AvgIpc) is 2.95. The van der Waals surface area contributed by atoms with Gasteiger partial charge in [-0.25, -0.2) is 9.18 Å². The number of hydrogen-bond donors (Lipinski definition) is 1. The maximum Gasteiger partial charge on any atom is 0.326 e. The number of ether oxygens (including phenoxy) is 1. The van der Waals surface area contributed by atoms with Gasteiger partial charge in [0.25, 0.3) is 11.8 Å². The highest BCUT2D eigenvalue weighted by atomic mass is 19.1. The quantitative estimate of drug-likeness (QED) is 0.563. The molecule has 1 saturated carbocycles. The van der Waals surface area contributed by atoms with Gasteiger partial charge in [0, 0.05) is 12.2 Å². The van der Waals surface area contributed by atoms with Crippen molar-refractivity contribution >= 4 is 29.5 Å². The van der Waals surface area contributed by atoms with E-state index < -0.39 is 48.3 Å². The lowest BCUT2D eigenvalue weighted by atomic mass is 9.73. The number of imide groups is 1. The summed E-state index contributed by atoms with van der Waals surface area (Å²) < 4.78 is 18.1. The highest BCUT2D eigenvalue weighted by molar-refractivity contribution is 6.09. The van der Waals surface area contributed by atoms with Gasteiger partial charge in [-0.05, 0) is 49.9 Å². The monoisotopic (exact) mass is 419 g/mol. The van der Waals surface area contributed by atoms with Crippen LogP contribution in [0.15, 0.2) is 24.3 Å². The normalized spacial score (nSPS) is 23.4. The van der Waals surface area contributed by atoms with Crippen LogP contribution < -0.4 is 10.2 Å². The summed E-state index contributed by atoms with van der Waals surface area (Å²) in [7, 11) is 0. The molecule has 0 radical (unpaired) electrons. The molecule has 1 aromatic carbocycles. The lowest BCUT2D eigenvalue weighted by molar-refractivity contribution is -0.151. The van der Waals surface area contributed by atoms with E-state index in [1.54, 1.807) is 6.92 Å². The molecule has 1 aromatic rings. The van der Waals surface area contributed by atoms with Gasteiger partial charge in [-0.15, -0.1) is 0 Å². The van der Waals surface area contributed by atoms with Crippen molar-refractivity contribution in [3.8, 4) is 0 Å². The Balaban J connectivity index is 1.57. The predicted molar refractivity (Wildman–Crippen MR) is 106 cm³/mol. The SMILES string of the molecule is CCN(C(=O)COC(=O)CN1C(=O)N[C@@]2(CCCC[C@H]2C)C1=O)c1ccc(F)cc1. The number of amides is 4. The minimum atomic E-state index is -0.951. The zero-order valence-electron chi connectivity index (χ0n) is 17.2. The summed E-state index contributed by atoms with van der Waals surface area (Å²) in [5.74, 6) is -2.19. The Bertz CT molecular complexity index is 844. The van der Waals surface area contributed by atoms with E-state index in [4.69, 9.17) is 4.74 Å². The van der Waals surface area contributed by atoms with Crippen LogP contribution in [0.1, 0.15) is 39.5 Å². The molecule has 30 heavy (non-hydrogen) atoms. The molecule has 2 fully saturated rings. The summed E-state index contributed by atoms with van der Waals surface area (Å²) >= 11 is 0. The van der Waals surface area contributed by atoms with E-state index in [0.717, 1.165) is 24.2 Å². The van der Waals surface area contributed by atoms with Gasteiger partial charge in [0.15, 0.2) is 6.61 Å². The Morgan fingerprint density at radius 2 is 1.97 bits per heavy atom. The van der Waals surface area contributed by atoms with Crippen LogP contribution in [-0.2, 0) is 19.1 Å². The van der Waals surface area contributed by atoms with Crippen molar-refractivity contribution in [3.05, 3.63) is 30.1 Å². The number of esters is 1. The van der Waals surface area contributed by atoms with Gasteiger partial charge >= 0.3 is 12.0 Å². The smallest absolute Gasteiger partial charge is 0.326 e. The summed E-state index contributed by atoms with van der Waals surface area (Å²) in [5.41, 5.74) is -0.477. The van der Waals surface area contributed by atoms with E-state index in [-0.39, 0.29) is 5.92 Å². The van der Waals surface area contributed by atoms with E-state index in [1.165, 1.54) is 29.2 Å². The molecule has 1 saturated heterocycles. The van der Waals surface area contributed by atoms with Crippen LogP contribution in [0.2, 0.25) is 0 Å². The molecule has 8 nitrogen and oxygen atoms in total. The summed E-state index contributed by atoms with van der Waals surface area (Å²) in [4.78, 5) is 52.0. The number of carbonyl (C=O) groups excluding carboxylic acids is 4. The Kier molecular flexibility index (Phi) is 6.38. The molecular formula is C21H26FN3O5. The zero-order valence-corrected chi connectivity index (χ0v) is 17.2. The fraction of sp³-hybridized carbons (Fsp3) is 0.524. The molecule has 0 bridgehead atoms. The minimum Gasteiger partial charge on any atom is -0.454 e. The number of anilines is 1. The number of urea groups is 1. The molecule has 9 heteroatoms. The summed E-state index contributed by atoms with van der Waals surface area (Å²) in [6.45, 7) is 2.87. The second-order valence-electron chi connectivity index (χ2n) is 7.71. The Hall–Kier alpha value is -2.97. The van der Waals surface area contributed by atoms with E-state index in [9.17, 15) is 23.6 Å². The zero-order chi connectivity index (χ0) is 21.9. The number of nitrogens with zero attached hydrogens (tertiary/aromatic N) is 2. The first kappa shape index (κ1) is 21.7. The second-order valence-corrected chi connectivity index (χ2v) is 7.71. The molecule has 4 amide bonds. The van der Waals surface area contributed by atoms with Crippen molar-refractivity contribution in [2.45, 2.75) is 45.1 Å². The van der Waals surface area contributed by atoms with Crippen molar-refractivity contribution in [1.82, 2.24) is 10.2 Å². The van der Waals surface area contributed by atoms with Gasteiger partial charge in [-0.1, -0.05) is 19.8 Å². The number of halogens is 1. The molecule has 1 N–H and O–H groups in total. The highest BCUT2D eigenvalue weighted by Crippen LogP contribution is 2.38. The second kappa shape index (κ2) is 8.81. The molecule has 2 aliphatic rings. The van der Waals surface area contributed by atoms with Gasteiger partial charge in [-0.2, -0.15) is 0 Å². The van der Waals surface area contributed by atoms with Crippen LogP contribution in [0.4, 0.5) is 14.9 Å². The highest BCUT2D eigenvalue weighted by Gasteiger charge is 2.55. The van der Waals surface area contributed by atoms with Crippen LogP contribution in [0, 0.1) is 11.7 Å². The number of nitrogens with one attached hydrogen (secondary N) is 1. The molecule has 2 atom stereocenters.